The topological polar surface area (TPSA) is 67.5 Å². The molecule has 0 aromatic heterocycles. The Bertz CT molecular complexity index is 622. The molecule has 2 aromatic carbocycles. The average molecular weight is 388 g/mol. The summed E-state index contributed by atoms with van der Waals surface area (Å²) in [5, 5.41) is 0. The minimum absolute atomic E-state index is 0. The van der Waals surface area contributed by atoms with Crippen LogP contribution in [0.15, 0.2) is 70.6 Å². The van der Waals surface area contributed by atoms with Crippen molar-refractivity contribution >= 4 is 35.4 Å². The van der Waals surface area contributed by atoms with E-state index in [0.29, 0.717) is 24.4 Å². The summed E-state index contributed by atoms with van der Waals surface area (Å²) in [6.45, 7) is 3.33. The molecule has 0 saturated carbocycles. The standard InChI is InChI=1S/2C10H11NO.Cu/c2*1-9(12)7-8-11-10-5-3-2-4-6-10;/h2*2-6,8H,7H2,1H3;/p+2. The summed E-state index contributed by atoms with van der Waals surface area (Å²) < 4.78 is 0. The number of hydrogen-bond acceptors (Lipinski definition) is 2. The van der Waals surface area contributed by atoms with Gasteiger partial charge in [-0.15, -0.1) is 0 Å². The summed E-state index contributed by atoms with van der Waals surface area (Å²) in [6.07, 6.45) is 4.44. The molecule has 5 heteroatoms. The van der Waals surface area contributed by atoms with Crippen LogP contribution in [0.2, 0.25) is 0 Å². The summed E-state index contributed by atoms with van der Waals surface area (Å²) in [4.78, 5) is 26.0. The molecule has 0 bridgehead atoms. The van der Waals surface area contributed by atoms with E-state index in [1.807, 2.05) is 60.7 Å². The molecular formula is C20H24CuN2O2+2. The van der Waals surface area contributed by atoms with E-state index >= 15 is 0 Å². The second-order valence-electron chi connectivity index (χ2n) is 5.17. The van der Waals surface area contributed by atoms with Crippen LogP contribution in [0.5, 0.6) is 0 Å². The van der Waals surface area contributed by atoms with Gasteiger partial charge in [0.15, 0.2) is 0 Å². The Morgan fingerprint density at radius 3 is 1.32 bits per heavy atom. The van der Waals surface area contributed by atoms with Gasteiger partial charge in [-0.2, -0.15) is 0 Å². The number of nitrogens with zero attached hydrogens (tertiary/aromatic N) is 2. The Hall–Kier alpha value is -2.36. The number of ketones is 2. The van der Waals surface area contributed by atoms with Gasteiger partial charge < -0.3 is 0 Å². The third-order valence-corrected chi connectivity index (χ3v) is 2.77. The quantitative estimate of drug-likeness (QED) is 0.392. The van der Waals surface area contributed by atoms with Crippen molar-refractivity contribution in [3.63, 3.8) is 0 Å². The molecule has 4 nitrogen and oxygen atoms in total. The Kier molecular flexibility index (Phi) is 12.7. The molecule has 0 aliphatic heterocycles. The molecule has 2 rings (SSSR count). The Morgan fingerprint density at radius 2 is 1.04 bits per heavy atom. The van der Waals surface area contributed by atoms with E-state index in [4.69, 9.17) is 9.59 Å². The maximum atomic E-state index is 8.86. The van der Waals surface area contributed by atoms with E-state index in [9.17, 15) is 0 Å². The van der Waals surface area contributed by atoms with Crippen molar-refractivity contribution in [2.24, 2.45) is 9.98 Å². The van der Waals surface area contributed by atoms with Crippen LogP contribution in [-0.2, 0) is 17.1 Å². The number of para-hydroxylation sites is 2. The first kappa shape index (κ1) is 22.6. The molecule has 2 aromatic rings. The van der Waals surface area contributed by atoms with Crippen molar-refractivity contribution < 1.29 is 26.7 Å². The summed E-state index contributed by atoms with van der Waals surface area (Å²) >= 11 is 0. The van der Waals surface area contributed by atoms with E-state index in [1.165, 1.54) is 0 Å². The van der Waals surface area contributed by atoms with Crippen LogP contribution in [0.25, 0.3) is 0 Å². The molecule has 135 valence electrons. The van der Waals surface area contributed by atoms with Gasteiger partial charge in [-0.25, -0.2) is 0 Å². The van der Waals surface area contributed by atoms with Crippen LogP contribution in [0.3, 0.4) is 0 Å². The van der Waals surface area contributed by atoms with Crippen LogP contribution in [0, 0.1) is 0 Å². The zero-order valence-corrected chi connectivity index (χ0v) is 15.4. The maximum absolute atomic E-state index is 8.86. The monoisotopic (exact) mass is 387 g/mol. The summed E-state index contributed by atoms with van der Waals surface area (Å²) in [7, 11) is 0. The van der Waals surface area contributed by atoms with Crippen LogP contribution >= 0.6 is 0 Å². The van der Waals surface area contributed by atoms with Gasteiger partial charge in [0.2, 0.25) is 0 Å². The van der Waals surface area contributed by atoms with Crippen molar-refractivity contribution in [3.05, 3.63) is 60.7 Å². The molecule has 0 heterocycles. The zero-order valence-electron chi connectivity index (χ0n) is 14.4. The third kappa shape index (κ3) is 12.7. The Morgan fingerprint density at radius 1 is 0.720 bits per heavy atom. The van der Waals surface area contributed by atoms with Crippen LogP contribution in [-0.4, -0.2) is 33.6 Å². The first-order chi connectivity index (χ1) is 11.6. The molecule has 25 heavy (non-hydrogen) atoms. The van der Waals surface area contributed by atoms with E-state index in [0.717, 1.165) is 11.4 Å². The van der Waals surface area contributed by atoms with Gasteiger partial charge in [0.25, 0.3) is 11.6 Å². The minimum atomic E-state index is 0. The largest absolute Gasteiger partial charge is 0.295 e. The third-order valence-electron chi connectivity index (χ3n) is 2.77. The van der Waals surface area contributed by atoms with Gasteiger partial charge in [-0.05, 0) is 24.3 Å². The summed E-state index contributed by atoms with van der Waals surface area (Å²) in [6, 6.07) is 19.3. The van der Waals surface area contributed by atoms with Gasteiger partial charge in [-0.1, -0.05) is 36.4 Å². The van der Waals surface area contributed by atoms with Crippen molar-refractivity contribution in [1.29, 1.82) is 0 Å². The van der Waals surface area contributed by atoms with Gasteiger partial charge in [-0.3, -0.25) is 19.6 Å². The van der Waals surface area contributed by atoms with E-state index in [2.05, 4.69) is 9.98 Å². The fourth-order valence-electron chi connectivity index (χ4n) is 1.59. The number of benzene rings is 2. The molecule has 0 unspecified atom stereocenters. The van der Waals surface area contributed by atoms with Crippen molar-refractivity contribution in [2.45, 2.75) is 26.7 Å². The van der Waals surface area contributed by atoms with Crippen molar-refractivity contribution in [3.8, 4) is 0 Å². The number of carbonyl (C=O) groups excluding carboxylic acids is 2. The number of rotatable bonds is 6. The molecule has 0 fully saturated rings. The van der Waals surface area contributed by atoms with Gasteiger partial charge in [0.1, 0.15) is 0 Å². The second-order valence-corrected chi connectivity index (χ2v) is 5.17. The van der Waals surface area contributed by atoms with Gasteiger partial charge >= 0.3 is 0 Å². The van der Waals surface area contributed by atoms with Crippen LogP contribution in [0.1, 0.15) is 26.7 Å². The molecule has 2 N–H and O–H groups in total. The molecule has 0 aliphatic carbocycles. The van der Waals surface area contributed by atoms with Gasteiger partial charge in [0.05, 0.1) is 24.2 Å². The minimum Gasteiger partial charge on any atom is -0.283 e. The fourth-order valence-corrected chi connectivity index (χ4v) is 1.59. The van der Waals surface area contributed by atoms with Crippen LogP contribution < -0.4 is 0 Å². The van der Waals surface area contributed by atoms with E-state index in [1.54, 1.807) is 26.3 Å². The molecule has 0 atom stereocenters. The number of hydrogen-bond donors (Lipinski definition) is 0. The average Bonchev–Trinajstić information content (AvgIpc) is 2.57. The van der Waals surface area contributed by atoms with Crippen molar-refractivity contribution in [1.82, 2.24) is 0 Å². The molecule has 0 amide bonds. The molecular weight excluding hydrogens is 364 g/mol. The van der Waals surface area contributed by atoms with Gasteiger partial charge in [0, 0.05) is 43.3 Å². The molecule has 1 radical (unpaired) electrons. The SMILES string of the molecule is CC(=[OH+])CC=Nc1ccccc1.CC(=[OH+])CC=Nc1ccccc1.[Cu]. The fraction of sp³-hybridized carbons (Fsp3) is 0.200. The molecule has 0 saturated heterocycles. The zero-order chi connectivity index (χ0) is 17.6. The first-order valence-corrected chi connectivity index (χ1v) is 7.76. The first-order valence-electron chi connectivity index (χ1n) is 7.76. The predicted molar refractivity (Wildman–Crippen MR) is 104 cm³/mol. The van der Waals surface area contributed by atoms with Crippen LogP contribution in [0.4, 0.5) is 11.4 Å². The Balaban J connectivity index is 0.000000443. The van der Waals surface area contributed by atoms with E-state index in [-0.39, 0.29) is 17.1 Å². The molecule has 0 spiro atoms. The van der Waals surface area contributed by atoms with E-state index < -0.39 is 0 Å². The number of aliphatic imine (C=N–C) groups is 2. The Labute approximate surface area is 159 Å². The smallest absolute Gasteiger partial charge is 0.283 e. The molecule has 0 aliphatic rings. The summed E-state index contributed by atoms with van der Waals surface area (Å²) in [5.41, 5.74) is 1.83. The van der Waals surface area contributed by atoms with Crippen molar-refractivity contribution in [2.75, 3.05) is 0 Å². The maximum Gasteiger partial charge on any atom is 0.295 e. The second kappa shape index (κ2) is 14.0. The normalized spacial score (nSPS) is 10.0. The predicted octanol–water partition coefficient (Wildman–Crippen LogP) is 4.69. The summed E-state index contributed by atoms with van der Waals surface area (Å²) in [5.74, 6) is 0.768.